The summed E-state index contributed by atoms with van der Waals surface area (Å²) in [6.45, 7) is 1.35. The van der Waals surface area contributed by atoms with Crippen LogP contribution in [0.3, 0.4) is 0 Å². The fourth-order valence-corrected chi connectivity index (χ4v) is 2.29. The Labute approximate surface area is 105 Å². The van der Waals surface area contributed by atoms with Crippen LogP contribution in [0.1, 0.15) is 5.56 Å². The molecule has 0 heterocycles. The SMILES string of the molecule is COC(=O)CNS(=O)(=O)c1ccc(C)c(Cl)c1. The van der Waals surface area contributed by atoms with Gasteiger partial charge >= 0.3 is 5.97 Å². The van der Waals surface area contributed by atoms with Gasteiger partial charge in [0, 0.05) is 5.02 Å². The van der Waals surface area contributed by atoms with Gasteiger partial charge in [-0.2, -0.15) is 4.72 Å². The molecule has 0 fully saturated rings. The predicted molar refractivity (Wildman–Crippen MR) is 63.4 cm³/mol. The van der Waals surface area contributed by atoms with Crippen LogP contribution in [0, 0.1) is 6.92 Å². The number of benzene rings is 1. The molecule has 5 nitrogen and oxygen atoms in total. The summed E-state index contributed by atoms with van der Waals surface area (Å²) >= 11 is 5.83. The minimum Gasteiger partial charge on any atom is -0.468 e. The summed E-state index contributed by atoms with van der Waals surface area (Å²) in [4.78, 5) is 10.8. The largest absolute Gasteiger partial charge is 0.468 e. The van der Waals surface area contributed by atoms with Crippen molar-refractivity contribution >= 4 is 27.6 Å². The van der Waals surface area contributed by atoms with Crippen molar-refractivity contribution in [3.8, 4) is 0 Å². The Balaban J connectivity index is 2.90. The first kappa shape index (κ1) is 14.0. The highest BCUT2D eigenvalue weighted by atomic mass is 35.5. The van der Waals surface area contributed by atoms with Gasteiger partial charge in [-0.1, -0.05) is 17.7 Å². The third kappa shape index (κ3) is 3.69. The van der Waals surface area contributed by atoms with Gasteiger partial charge in [0.2, 0.25) is 10.0 Å². The molecule has 0 aliphatic heterocycles. The summed E-state index contributed by atoms with van der Waals surface area (Å²) in [6, 6.07) is 4.34. The van der Waals surface area contributed by atoms with E-state index in [4.69, 9.17) is 11.6 Å². The van der Waals surface area contributed by atoms with Crippen LogP contribution in [0.2, 0.25) is 5.02 Å². The third-order valence-corrected chi connectivity index (χ3v) is 3.89. The van der Waals surface area contributed by atoms with E-state index in [1.807, 2.05) is 0 Å². The lowest BCUT2D eigenvalue weighted by molar-refractivity contribution is -0.139. The van der Waals surface area contributed by atoms with Crippen molar-refractivity contribution in [2.45, 2.75) is 11.8 Å². The maximum absolute atomic E-state index is 11.7. The molecule has 0 aliphatic carbocycles. The van der Waals surface area contributed by atoms with Gasteiger partial charge in [0.05, 0.1) is 12.0 Å². The highest BCUT2D eigenvalue weighted by molar-refractivity contribution is 7.89. The second-order valence-corrected chi connectivity index (χ2v) is 5.49. The van der Waals surface area contributed by atoms with E-state index in [9.17, 15) is 13.2 Å². The number of methoxy groups -OCH3 is 1. The number of hydrogen-bond donors (Lipinski definition) is 1. The number of halogens is 1. The van der Waals surface area contributed by atoms with E-state index in [1.54, 1.807) is 13.0 Å². The molecular formula is C10H12ClNO4S. The molecule has 94 valence electrons. The van der Waals surface area contributed by atoms with Gasteiger partial charge in [-0.05, 0) is 24.6 Å². The molecular weight excluding hydrogens is 266 g/mol. The lowest BCUT2D eigenvalue weighted by atomic mass is 10.2. The van der Waals surface area contributed by atoms with Crippen molar-refractivity contribution in [1.82, 2.24) is 4.72 Å². The van der Waals surface area contributed by atoms with Crippen molar-refractivity contribution in [2.24, 2.45) is 0 Å². The number of nitrogens with one attached hydrogen (secondary N) is 1. The Morgan fingerprint density at radius 1 is 1.47 bits per heavy atom. The zero-order valence-electron chi connectivity index (χ0n) is 9.36. The van der Waals surface area contributed by atoms with E-state index in [-0.39, 0.29) is 4.90 Å². The summed E-state index contributed by atoms with van der Waals surface area (Å²) in [5.41, 5.74) is 0.776. The predicted octanol–water partition coefficient (Wildman–Crippen LogP) is 1.10. The number of carbonyl (C=O) groups excluding carboxylic acids is 1. The van der Waals surface area contributed by atoms with Crippen LogP contribution in [-0.4, -0.2) is 28.0 Å². The topological polar surface area (TPSA) is 72.5 Å². The van der Waals surface area contributed by atoms with Gasteiger partial charge < -0.3 is 4.74 Å². The van der Waals surface area contributed by atoms with E-state index >= 15 is 0 Å². The van der Waals surface area contributed by atoms with Crippen molar-refractivity contribution in [3.05, 3.63) is 28.8 Å². The highest BCUT2D eigenvalue weighted by Crippen LogP contribution is 2.19. The maximum Gasteiger partial charge on any atom is 0.320 e. The third-order valence-electron chi connectivity index (χ3n) is 2.09. The average Bonchev–Trinajstić information content (AvgIpc) is 2.29. The molecule has 0 aliphatic rings. The Bertz CT molecular complexity index is 527. The van der Waals surface area contributed by atoms with Gasteiger partial charge in [-0.15, -0.1) is 0 Å². The Hall–Kier alpha value is -1.11. The zero-order chi connectivity index (χ0) is 13.1. The molecule has 0 spiro atoms. The fraction of sp³-hybridized carbons (Fsp3) is 0.300. The van der Waals surface area contributed by atoms with Gasteiger partial charge in [-0.3, -0.25) is 4.79 Å². The molecule has 0 aromatic heterocycles. The van der Waals surface area contributed by atoms with Gasteiger partial charge in [0.15, 0.2) is 0 Å². The number of aryl methyl sites for hydroxylation is 1. The normalized spacial score (nSPS) is 11.2. The van der Waals surface area contributed by atoms with Crippen LogP contribution in [-0.2, 0) is 19.6 Å². The summed E-state index contributed by atoms with van der Waals surface area (Å²) in [5, 5.41) is 0.353. The standard InChI is InChI=1S/C10H12ClNO4S/c1-7-3-4-8(5-9(7)11)17(14,15)12-6-10(13)16-2/h3-5,12H,6H2,1-2H3. The number of ether oxygens (including phenoxy) is 1. The van der Waals surface area contributed by atoms with Crippen molar-refractivity contribution in [1.29, 1.82) is 0 Å². The first-order valence-electron chi connectivity index (χ1n) is 4.69. The highest BCUT2D eigenvalue weighted by Gasteiger charge is 2.16. The fourth-order valence-electron chi connectivity index (χ4n) is 1.05. The van der Waals surface area contributed by atoms with E-state index in [2.05, 4.69) is 9.46 Å². The lowest BCUT2D eigenvalue weighted by Gasteiger charge is -2.07. The van der Waals surface area contributed by atoms with Crippen LogP contribution in [0.4, 0.5) is 0 Å². The summed E-state index contributed by atoms with van der Waals surface area (Å²) in [6.07, 6.45) is 0. The molecule has 0 atom stereocenters. The number of sulfonamides is 1. The Morgan fingerprint density at radius 3 is 2.65 bits per heavy atom. The molecule has 0 bridgehead atoms. The smallest absolute Gasteiger partial charge is 0.320 e. The second-order valence-electron chi connectivity index (χ2n) is 3.31. The molecule has 7 heteroatoms. The minimum atomic E-state index is -3.74. The number of rotatable bonds is 4. The number of hydrogen-bond acceptors (Lipinski definition) is 4. The first-order valence-corrected chi connectivity index (χ1v) is 6.55. The average molecular weight is 278 g/mol. The molecule has 0 unspecified atom stereocenters. The van der Waals surface area contributed by atoms with Crippen LogP contribution in [0.25, 0.3) is 0 Å². The molecule has 1 aromatic carbocycles. The lowest BCUT2D eigenvalue weighted by Crippen LogP contribution is -2.30. The number of esters is 1. The van der Waals surface area contributed by atoms with Crippen molar-refractivity contribution in [3.63, 3.8) is 0 Å². The van der Waals surface area contributed by atoms with E-state index in [0.717, 1.165) is 5.56 Å². The van der Waals surface area contributed by atoms with Gasteiger partial charge in [0.25, 0.3) is 0 Å². The molecule has 0 saturated carbocycles. The molecule has 0 saturated heterocycles. The quantitative estimate of drug-likeness (QED) is 0.837. The van der Waals surface area contributed by atoms with Crippen LogP contribution >= 0.6 is 11.6 Å². The first-order chi connectivity index (χ1) is 7.86. The molecule has 1 N–H and O–H groups in total. The van der Waals surface area contributed by atoms with Crippen LogP contribution < -0.4 is 4.72 Å². The van der Waals surface area contributed by atoms with E-state index in [0.29, 0.717) is 5.02 Å². The summed E-state index contributed by atoms with van der Waals surface area (Å²) in [7, 11) is -2.56. The Kier molecular flexibility index (Phi) is 4.50. The van der Waals surface area contributed by atoms with Gasteiger partial charge in [-0.25, -0.2) is 8.42 Å². The molecule has 1 rings (SSSR count). The molecule has 0 amide bonds. The van der Waals surface area contributed by atoms with Crippen molar-refractivity contribution in [2.75, 3.05) is 13.7 Å². The van der Waals surface area contributed by atoms with Crippen molar-refractivity contribution < 1.29 is 17.9 Å². The monoisotopic (exact) mass is 277 g/mol. The number of carbonyl (C=O) groups is 1. The van der Waals surface area contributed by atoms with E-state index in [1.165, 1.54) is 19.2 Å². The molecule has 0 radical (unpaired) electrons. The minimum absolute atomic E-state index is 0.0111. The zero-order valence-corrected chi connectivity index (χ0v) is 10.9. The molecule has 17 heavy (non-hydrogen) atoms. The molecule has 1 aromatic rings. The summed E-state index contributed by atoms with van der Waals surface area (Å²) < 4.78 is 29.9. The van der Waals surface area contributed by atoms with Crippen LogP contribution in [0.15, 0.2) is 23.1 Å². The Morgan fingerprint density at radius 2 is 2.12 bits per heavy atom. The second kappa shape index (κ2) is 5.48. The maximum atomic E-state index is 11.7. The van der Waals surface area contributed by atoms with Crippen LogP contribution in [0.5, 0.6) is 0 Å². The van der Waals surface area contributed by atoms with E-state index < -0.39 is 22.5 Å². The summed E-state index contributed by atoms with van der Waals surface area (Å²) in [5.74, 6) is -0.660. The van der Waals surface area contributed by atoms with Gasteiger partial charge in [0.1, 0.15) is 6.54 Å².